The highest BCUT2D eigenvalue weighted by molar-refractivity contribution is 9.10. The molecular formula is C23H19BrClN3O4S2. The Balaban J connectivity index is 1.58. The molecule has 34 heavy (non-hydrogen) atoms. The average Bonchev–Trinajstić information content (AvgIpc) is 3.22. The van der Waals surface area contributed by atoms with E-state index in [0.29, 0.717) is 32.3 Å². The van der Waals surface area contributed by atoms with Gasteiger partial charge in [0.15, 0.2) is 15.6 Å². The zero-order valence-corrected chi connectivity index (χ0v) is 22.1. The molecular weight excluding hydrogens is 562 g/mol. The summed E-state index contributed by atoms with van der Waals surface area (Å²) >= 11 is 10.2. The lowest BCUT2D eigenvalue weighted by molar-refractivity contribution is -0.116. The molecule has 0 saturated carbocycles. The van der Waals surface area contributed by atoms with Gasteiger partial charge in [-0.2, -0.15) is 0 Å². The first kappa shape index (κ1) is 24.6. The minimum atomic E-state index is -3.73. The van der Waals surface area contributed by atoms with Crippen LogP contribution < -0.4 is 10.9 Å². The van der Waals surface area contributed by atoms with Gasteiger partial charge in [0.1, 0.15) is 15.8 Å². The van der Waals surface area contributed by atoms with Gasteiger partial charge in [0.05, 0.1) is 26.6 Å². The van der Waals surface area contributed by atoms with E-state index >= 15 is 0 Å². The maximum Gasteiger partial charge on any atom is 0.266 e. The zero-order chi connectivity index (χ0) is 24.6. The van der Waals surface area contributed by atoms with E-state index in [-0.39, 0.29) is 16.2 Å². The van der Waals surface area contributed by atoms with Crippen molar-refractivity contribution in [1.29, 1.82) is 0 Å². The number of rotatable bonds is 7. The van der Waals surface area contributed by atoms with Crippen LogP contribution in [0.5, 0.6) is 0 Å². The Kier molecular flexibility index (Phi) is 6.95. The molecule has 0 saturated heterocycles. The monoisotopic (exact) mass is 579 g/mol. The van der Waals surface area contributed by atoms with Crippen molar-refractivity contribution < 1.29 is 13.2 Å². The third kappa shape index (κ3) is 4.95. The summed E-state index contributed by atoms with van der Waals surface area (Å²) in [6, 6.07) is 13.3. The maximum absolute atomic E-state index is 13.2. The van der Waals surface area contributed by atoms with Crippen LogP contribution in [-0.4, -0.2) is 36.6 Å². The van der Waals surface area contributed by atoms with Crippen molar-refractivity contribution in [3.63, 3.8) is 0 Å². The molecule has 0 spiro atoms. The number of aryl methyl sites for hydroxylation is 1. The quantitative estimate of drug-likeness (QED) is 0.337. The number of Topliss-reactive ketones (excluding diaryl/α,β-unsaturated/α-hetero) is 1. The fourth-order valence-corrected chi connectivity index (χ4v) is 6.96. The Morgan fingerprint density at radius 3 is 2.50 bits per heavy atom. The molecule has 1 N–H and O–H groups in total. The number of nitrogens with one attached hydrogen (secondary N) is 1. The number of hydrogen-bond acceptors (Lipinski definition) is 7. The fourth-order valence-electron chi connectivity index (χ4n) is 3.60. The lowest BCUT2D eigenvalue weighted by Crippen LogP contribution is -2.22. The van der Waals surface area contributed by atoms with Crippen molar-refractivity contribution >= 4 is 71.1 Å². The molecule has 176 valence electrons. The summed E-state index contributed by atoms with van der Waals surface area (Å²) in [4.78, 5) is 30.2. The molecule has 0 unspecified atom stereocenters. The molecule has 0 atom stereocenters. The minimum Gasteiger partial charge on any atom is -0.387 e. The van der Waals surface area contributed by atoms with E-state index in [1.165, 1.54) is 16.7 Å². The number of carbonyl (C=O) groups is 1. The van der Waals surface area contributed by atoms with E-state index in [9.17, 15) is 18.0 Å². The summed E-state index contributed by atoms with van der Waals surface area (Å²) in [5.41, 5.74) is 2.45. The fraction of sp³-hybridized carbons (Fsp3) is 0.174. The van der Waals surface area contributed by atoms with Crippen molar-refractivity contribution in [3.05, 3.63) is 79.1 Å². The van der Waals surface area contributed by atoms with Gasteiger partial charge in [-0.25, -0.2) is 13.4 Å². The van der Waals surface area contributed by atoms with Crippen LogP contribution in [0.2, 0.25) is 4.34 Å². The van der Waals surface area contributed by atoms with Gasteiger partial charge >= 0.3 is 0 Å². The molecule has 7 nitrogen and oxygen atoms in total. The van der Waals surface area contributed by atoms with Gasteiger partial charge in [0, 0.05) is 17.9 Å². The van der Waals surface area contributed by atoms with E-state index in [2.05, 4.69) is 26.2 Å². The molecule has 0 bridgehead atoms. The normalized spacial score (nSPS) is 11.6. The van der Waals surface area contributed by atoms with Crippen molar-refractivity contribution in [3.8, 4) is 5.69 Å². The Bertz CT molecular complexity index is 1580. The number of carbonyl (C=O) groups excluding carboxylic acids is 1. The Morgan fingerprint density at radius 2 is 1.88 bits per heavy atom. The van der Waals surface area contributed by atoms with E-state index in [4.69, 9.17) is 11.6 Å². The summed E-state index contributed by atoms with van der Waals surface area (Å²) in [6.07, 6.45) is -0.0395. The minimum absolute atomic E-state index is 0.0395. The van der Waals surface area contributed by atoms with Gasteiger partial charge in [-0.05, 0) is 64.8 Å². The summed E-state index contributed by atoms with van der Waals surface area (Å²) in [6.45, 7) is 1.75. The first-order chi connectivity index (χ1) is 16.1. The van der Waals surface area contributed by atoms with Crippen LogP contribution in [0.3, 0.4) is 0 Å². The molecule has 4 rings (SSSR count). The highest BCUT2D eigenvalue weighted by Crippen LogP contribution is 2.27. The Morgan fingerprint density at radius 1 is 1.18 bits per heavy atom. The number of benzene rings is 2. The van der Waals surface area contributed by atoms with Gasteiger partial charge in [-0.3, -0.25) is 14.2 Å². The number of ketones is 1. The zero-order valence-electron chi connectivity index (χ0n) is 18.1. The van der Waals surface area contributed by atoms with Crippen LogP contribution in [-0.2, 0) is 21.1 Å². The van der Waals surface area contributed by atoms with Crippen molar-refractivity contribution in [1.82, 2.24) is 9.55 Å². The van der Waals surface area contributed by atoms with Gasteiger partial charge in [-0.1, -0.05) is 23.7 Å². The van der Waals surface area contributed by atoms with Crippen LogP contribution in [0.25, 0.3) is 16.6 Å². The predicted octanol–water partition coefficient (Wildman–Crippen LogP) is 4.80. The lowest BCUT2D eigenvalue weighted by Gasteiger charge is -2.13. The van der Waals surface area contributed by atoms with Crippen LogP contribution in [0.15, 0.2) is 62.0 Å². The van der Waals surface area contributed by atoms with E-state index in [1.807, 2.05) is 6.07 Å². The number of aromatic nitrogens is 2. The number of sulfone groups is 1. The van der Waals surface area contributed by atoms with Gasteiger partial charge in [0.2, 0.25) is 0 Å². The second-order valence-corrected chi connectivity index (χ2v) is 12.4. The van der Waals surface area contributed by atoms with E-state index in [1.54, 1.807) is 44.3 Å². The molecule has 0 fully saturated rings. The number of anilines is 1. The molecule has 2 aromatic heterocycles. The summed E-state index contributed by atoms with van der Waals surface area (Å²) in [5.74, 6) is -0.503. The summed E-state index contributed by atoms with van der Waals surface area (Å²) in [5, 5.41) is 3.52. The molecule has 2 heterocycles. The lowest BCUT2D eigenvalue weighted by atomic mass is 10.1. The van der Waals surface area contributed by atoms with Crippen LogP contribution >= 0.6 is 38.9 Å². The van der Waals surface area contributed by atoms with Crippen LogP contribution in [0, 0.1) is 6.92 Å². The van der Waals surface area contributed by atoms with Crippen molar-refractivity contribution in [2.45, 2.75) is 17.6 Å². The third-order valence-electron chi connectivity index (χ3n) is 5.20. The first-order valence-electron chi connectivity index (χ1n) is 10.1. The maximum atomic E-state index is 13.2. The van der Waals surface area contributed by atoms with E-state index in [0.717, 1.165) is 21.5 Å². The molecule has 2 aromatic carbocycles. The third-order valence-corrected chi connectivity index (χ3v) is 9.34. The molecule has 0 amide bonds. The van der Waals surface area contributed by atoms with Crippen molar-refractivity contribution in [2.24, 2.45) is 0 Å². The van der Waals surface area contributed by atoms with Gasteiger partial charge in [-0.15, -0.1) is 11.3 Å². The average molecular weight is 581 g/mol. The smallest absolute Gasteiger partial charge is 0.266 e. The standard InChI is InChI=1S/C23H19BrClN3O4S2/c1-13-27-19-11-20(26-2)18(24)10-17(19)23(30)28(13)15-5-3-14(4-6-15)9-16(29)12-34(31,32)22-8-7-21(25)33-22/h3-8,10-11,26H,9,12H2,1-2H3. The second kappa shape index (κ2) is 9.61. The van der Waals surface area contributed by atoms with E-state index < -0.39 is 21.4 Å². The first-order valence-corrected chi connectivity index (χ1v) is 13.7. The highest BCUT2D eigenvalue weighted by Gasteiger charge is 2.21. The van der Waals surface area contributed by atoms with Crippen LogP contribution in [0.1, 0.15) is 11.4 Å². The Hall–Kier alpha value is -2.53. The van der Waals surface area contributed by atoms with Gasteiger partial charge < -0.3 is 5.32 Å². The molecule has 0 radical (unpaired) electrons. The number of thiophene rings is 1. The summed E-state index contributed by atoms with van der Waals surface area (Å²) < 4.78 is 27.5. The molecule has 0 aliphatic rings. The van der Waals surface area contributed by atoms with Gasteiger partial charge in [0.25, 0.3) is 5.56 Å². The molecule has 0 aliphatic carbocycles. The second-order valence-electron chi connectivity index (χ2n) is 7.60. The largest absolute Gasteiger partial charge is 0.387 e. The predicted molar refractivity (Wildman–Crippen MR) is 139 cm³/mol. The topological polar surface area (TPSA) is 98.1 Å². The molecule has 11 heteroatoms. The van der Waals surface area contributed by atoms with Crippen LogP contribution in [0.4, 0.5) is 5.69 Å². The molecule has 0 aliphatic heterocycles. The highest BCUT2D eigenvalue weighted by atomic mass is 79.9. The Labute approximate surface area is 213 Å². The summed E-state index contributed by atoms with van der Waals surface area (Å²) in [7, 11) is -1.94. The van der Waals surface area contributed by atoms with Crippen molar-refractivity contribution in [2.75, 3.05) is 18.1 Å². The SMILES string of the molecule is CNc1cc2nc(C)n(-c3ccc(CC(=O)CS(=O)(=O)c4ccc(Cl)s4)cc3)c(=O)c2cc1Br. The number of nitrogens with zero attached hydrogens (tertiary/aromatic N) is 2. The molecule has 4 aromatic rings. The number of fused-ring (bicyclic) bond motifs is 1. The number of halogens is 2. The number of hydrogen-bond donors (Lipinski definition) is 1.